The Kier molecular flexibility index (Phi) is 7.34. The van der Waals surface area contributed by atoms with E-state index < -0.39 is 0 Å². The number of nitrogens with zero attached hydrogens (tertiary/aromatic N) is 1. The quantitative estimate of drug-likeness (QED) is 0.301. The van der Waals surface area contributed by atoms with Crippen LogP contribution in [0.2, 0.25) is 0 Å². The van der Waals surface area contributed by atoms with E-state index >= 15 is 0 Å². The van der Waals surface area contributed by atoms with E-state index in [2.05, 4.69) is 11.4 Å². The summed E-state index contributed by atoms with van der Waals surface area (Å²) in [5, 5.41) is 3.75. The number of ether oxygens (including phenoxy) is 2. The van der Waals surface area contributed by atoms with Gasteiger partial charge in [0.25, 0.3) is 5.91 Å². The maximum Gasteiger partial charge on any atom is 0.338 e. The van der Waals surface area contributed by atoms with Crippen molar-refractivity contribution < 1.29 is 19.1 Å². The summed E-state index contributed by atoms with van der Waals surface area (Å²) >= 11 is 0. The molecule has 4 aromatic rings. The molecule has 0 atom stereocenters. The summed E-state index contributed by atoms with van der Waals surface area (Å²) in [7, 11) is 1.62. The molecule has 0 fully saturated rings. The highest BCUT2D eigenvalue weighted by atomic mass is 16.5. The molecule has 3 aromatic carbocycles. The first-order chi connectivity index (χ1) is 17.2. The van der Waals surface area contributed by atoms with Crippen molar-refractivity contribution >= 4 is 28.5 Å². The van der Waals surface area contributed by atoms with Gasteiger partial charge in [-0.25, -0.2) is 9.78 Å². The van der Waals surface area contributed by atoms with Gasteiger partial charge in [-0.15, -0.1) is 0 Å². The van der Waals surface area contributed by atoms with E-state index in [-0.39, 0.29) is 17.8 Å². The minimum Gasteiger partial charge on any atom is -0.497 e. The zero-order chi connectivity index (χ0) is 25.8. The second-order valence-corrected chi connectivity index (χ2v) is 9.29. The fourth-order valence-electron chi connectivity index (χ4n) is 4.01. The highest BCUT2D eigenvalue weighted by molar-refractivity contribution is 6.13. The van der Waals surface area contributed by atoms with Crippen molar-refractivity contribution in [3.05, 3.63) is 89.0 Å². The van der Waals surface area contributed by atoms with Crippen molar-refractivity contribution in [3.8, 4) is 17.0 Å². The second-order valence-electron chi connectivity index (χ2n) is 9.29. The van der Waals surface area contributed by atoms with Crippen LogP contribution in [0.4, 0.5) is 5.69 Å². The van der Waals surface area contributed by atoms with Gasteiger partial charge in [-0.2, -0.15) is 0 Å². The zero-order valence-corrected chi connectivity index (χ0v) is 21.2. The molecular weight excluding hydrogens is 452 g/mol. The Morgan fingerprint density at radius 2 is 1.72 bits per heavy atom. The van der Waals surface area contributed by atoms with E-state index in [0.29, 0.717) is 34.9 Å². The van der Waals surface area contributed by atoms with Crippen LogP contribution in [0.25, 0.3) is 22.2 Å². The lowest BCUT2D eigenvalue weighted by molar-refractivity contribution is 0.0459. The van der Waals surface area contributed by atoms with Crippen LogP contribution in [0.5, 0.6) is 5.75 Å². The minimum atomic E-state index is -0.379. The van der Waals surface area contributed by atoms with E-state index in [0.717, 1.165) is 27.6 Å². The molecule has 36 heavy (non-hydrogen) atoms. The van der Waals surface area contributed by atoms with Gasteiger partial charge >= 0.3 is 5.97 Å². The third-order valence-electron chi connectivity index (χ3n) is 5.78. The van der Waals surface area contributed by atoms with Crippen molar-refractivity contribution in [2.45, 2.75) is 27.7 Å². The Labute approximate surface area is 211 Å². The summed E-state index contributed by atoms with van der Waals surface area (Å²) in [4.78, 5) is 30.6. The number of hydrogen-bond acceptors (Lipinski definition) is 5. The predicted molar refractivity (Wildman–Crippen MR) is 143 cm³/mol. The van der Waals surface area contributed by atoms with E-state index in [4.69, 9.17) is 14.5 Å². The number of aromatic nitrogens is 1. The molecule has 0 bridgehead atoms. The first-order valence-electron chi connectivity index (χ1n) is 11.9. The topological polar surface area (TPSA) is 77.5 Å². The average Bonchev–Trinajstić information content (AvgIpc) is 2.87. The lowest BCUT2D eigenvalue weighted by Crippen LogP contribution is -2.14. The molecule has 6 nitrogen and oxygen atoms in total. The summed E-state index contributed by atoms with van der Waals surface area (Å²) in [5.41, 5.74) is 5.89. The summed E-state index contributed by atoms with van der Waals surface area (Å²) in [6.45, 7) is 8.33. The number of aryl methyl sites for hydroxylation is 2. The Bertz CT molecular complexity index is 1430. The summed E-state index contributed by atoms with van der Waals surface area (Å²) < 4.78 is 10.7. The van der Waals surface area contributed by atoms with Crippen molar-refractivity contribution in [2.24, 2.45) is 5.92 Å². The molecule has 0 aliphatic rings. The molecule has 1 amide bonds. The van der Waals surface area contributed by atoms with Crippen LogP contribution in [0.15, 0.2) is 66.7 Å². The second kappa shape index (κ2) is 10.6. The number of benzene rings is 3. The van der Waals surface area contributed by atoms with E-state index in [9.17, 15) is 9.59 Å². The number of hydrogen-bond donors (Lipinski definition) is 1. The van der Waals surface area contributed by atoms with Gasteiger partial charge < -0.3 is 14.8 Å². The van der Waals surface area contributed by atoms with Crippen molar-refractivity contribution in [2.75, 3.05) is 19.0 Å². The molecule has 0 aliphatic carbocycles. The van der Waals surface area contributed by atoms with Gasteiger partial charge in [0.15, 0.2) is 0 Å². The standard InChI is InChI=1S/C30H30N2O4/c1-18(2)17-36-30(34)21-9-11-23(12-10-21)31-29(33)26-16-27(22-7-6-8-24(15-22)35-5)32-28-20(4)13-19(3)14-25(26)28/h6-16,18H,17H2,1-5H3,(H,31,33). The van der Waals surface area contributed by atoms with Crippen LogP contribution < -0.4 is 10.1 Å². The highest BCUT2D eigenvalue weighted by Crippen LogP contribution is 2.30. The number of methoxy groups -OCH3 is 1. The van der Waals surface area contributed by atoms with Gasteiger partial charge in [0.05, 0.1) is 36.1 Å². The molecular formula is C30H30N2O4. The molecule has 6 heteroatoms. The summed E-state index contributed by atoms with van der Waals surface area (Å²) in [5.74, 6) is 0.340. The van der Waals surface area contributed by atoms with Gasteiger partial charge in [-0.1, -0.05) is 37.6 Å². The highest BCUT2D eigenvalue weighted by Gasteiger charge is 2.17. The van der Waals surface area contributed by atoms with E-state index in [1.165, 1.54) is 0 Å². The number of fused-ring (bicyclic) bond motifs is 1. The molecule has 0 unspecified atom stereocenters. The third kappa shape index (κ3) is 5.54. The smallest absolute Gasteiger partial charge is 0.338 e. The Morgan fingerprint density at radius 3 is 2.42 bits per heavy atom. The molecule has 1 heterocycles. The van der Waals surface area contributed by atoms with Gasteiger partial charge in [-0.05, 0) is 73.9 Å². The first kappa shape index (κ1) is 24.9. The predicted octanol–water partition coefficient (Wildman–Crippen LogP) is 6.59. The monoisotopic (exact) mass is 482 g/mol. The minimum absolute atomic E-state index is 0.258. The lowest BCUT2D eigenvalue weighted by Gasteiger charge is -2.14. The molecule has 0 saturated carbocycles. The Morgan fingerprint density at radius 1 is 0.972 bits per heavy atom. The molecule has 0 saturated heterocycles. The van der Waals surface area contributed by atoms with Crippen molar-refractivity contribution in [1.82, 2.24) is 4.98 Å². The van der Waals surface area contributed by atoms with Crippen LogP contribution in [0, 0.1) is 19.8 Å². The fourth-order valence-corrected chi connectivity index (χ4v) is 4.01. The maximum absolute atomic E-state index is 13.5. The number of carbonyl (C=O) groups excluding carboxylic acids is 2. The lowest BCUT2D eigenvalue weighted by atomic mass is 9.99. The molecule has 1 aromatic heterocycles. The fraction of sp³-hybridized carbons (Fsp3) is 0.233. The molecule has 4 rings (SSSR count). The van der Waals surface area contributed by atoms with Gasteiger partial charge in [0.1, 0.15) is 5.75 Å². The van der Waals surface area contributed by atoms with Crippen LogP contribution >= 0.6 is 0 Å². The molecule has 0 radical (unpaired) electrons. The number of amides is 1. The number of nitrogens with one attached hydrogen (secondary N) is 1. The summed E-state index contributed by atoms with van der Waals surface area (Å²) in [6.07, 6.45) is 0. The number of rotatable bonds is 7. The van der Waals surface area contributed by atoms with Gasteiger partial charge in [0, 0.05) is 16.6 Å². The Balaban J connectivity index is 1.68. The Hall–Kier alpha value is -4.19. The maximum atomic E-state index is 13.5. The van der Waals surface area contributed by atoms with Crippen LogP contribution in [-0.4, -0.2) is 30.6 Å². The third-order valence-corrected chi connectivity index (χ3v) is 5.78. The van der Waals surface area contributed by atoms with E-state index in [1.807, 2.05) is 64.1 Å². The van der Waals surface area contributed by atoms with Crippen LogP contribution in [0.3, 0.4) is 0 Å². The van der Waals surface area contributed by atoms with E-state index in [1.54, 1.807) is 31.4 Å². The molecule has 0 spiro atoms. The molecule has 184 valence electrons. The SMILES string of the molecule is COc1cccc(-c2cc(C(=O)Nc3ccc(C(=O)OCC(C)C)cc3)c3cc(C)cc(C)c3n2)c1. The van der Waals surface area contributed by atoms with Gasteiger partial charge in [-0.3, -0.25) is 4.79 Å². The number of anilines is 1. The summed E-state index contributed by atoms with van der Waals surface area (Å²) in [6, 6.07) is 20.2. The van der Waals surface area contributed by atoms with Gasteiger partial charge in [0.2, 0.25) is 0 Å². The van der Waals surface area contributed by atoms with Crippen LogP contribution in [0.1, 0.15) is 45.7 Å². The van der Waals surface area contributed by atoms with Crippen molar-refractivity contribution in [1.29, 1.82) is 0 Å². The molecule has 0 aliphatic heterocycles. The molecule has 1 N–H and O–H groups in total. The average molecular weight is 483 g/mol. The van der Waals surface area contributed by atoms with Crippen LogP contribution in [-0.2, 0) is 4.74 Å². The number of esters is 1. The first-order valence-corrected chi connectivity index (χ1v) is 11.9. The zero-order valence-electron chi connectivity index (χ0n) is 21.2. The normalized spacial score (nSPS) is 10.9. The largest absolute Gasteiger partial charge is 0.497 e. The number of carbonyl (C=O) groups is 2. The number of pyridine rings is 1. The van der Waals surface area contributed by atoms with Crippen molar-refractivity contribution in [3.63, 3.8) is 0 Å².